The van der Waals surface area contributed by atoms with Crippen LogP contribution in [0, 0.1) is 0 Å². The highest BCUT2D eigenvalue weighted by atomic mass is 14.2. The average molecular weight is 158 g/mol. The zero-order valence-electron chi connectivity index (χ0n) is 7.72. The van der Waals surface area contributed by atoms with Gasteiger partial charge in [-0.05, 0) is 36.5 Å². The molecule has 0 aromatic heterocycles. The number of hydrogen-bond acceptors (Lipinski definition) is 0. The number of hydrogen-bond donors (Lipinski definition) is 0. The average Bonchev–Trinajstić information content (AvgIpc) is 2.44. The smallest absolute Gasteiger partial charge is 0.00605 e. The van der Waals surface area contributed by atoms with Gasteiger partial charge in [0.2, 0.25) is 0 Å². The fourth-order valence-corrected chi connectivity index (χ4v) is 1.91. The molecule has 1 aromatic carbocycles. The summed E-state index contributed by atoms with van der Waals surface area (Å²) in [4.78, 5) is 0. The SMILES string of the molecule is CCc1cccc2c1C=C(C)C2. The molecule has 2 rings (SSSR count). The van der Waals surface area contributed by atoms with Crippen molar-refractivity contribution in [3.05, 3.63) is 40.5 Å². The van der Waals surface area contributed by atoms with Gasteiger partial charge in [-0.1, -0.05) is 36.8 Å². The fourth-order valence-electron chi connectivity index (χ4n) is 1.91. The van der Waals surface area contributed by atoms with Crippen molar-refractivity contribution in [2.75, 3.05) is 0 Å². The van der Waals surface area contributed by atoms with Crippen molar-refractivity contribution in [1.29, 1.82) is 0 Å². The first kappa shape index (κ1) is 7.60. The van der Waals surface area contributed by atoms with Crippen molar-refractivity contribution in [3.8, 4) is 0 Å². The second-order valence-corrected chi connectivity index (χ2v) is 3.51. The van der Waals surface area contributed by atoms with E-state index >= 15 is 0 Å². The predicted molar refractivity (Wildman–Crippen MR) is 53.2 cm³/mol. The molecule has 0 nitrogen and oxygen atoms in total. The molecule has 0 N–H and O–H groups in total. The Balaban J connectivity index is 2.55. The normalized spacial score (nSPS) is 14.3. The summed E-state index contributed by atoms with van der Waals surface area (Å²) >= 11 is 0. The lowest BCUT2D eigenvalue weighted by Gasteiger charge is -2.03. The van der Waals surface area contributed by atoms with Crippen LogP contribution in [0.15, 0.2) is 23.8 Å². The van der Waals surface area contributed by atoms with Crippen LogP contribution in [0.1, 0.15) is 30.5 Å². The number of benzene rings is 1. The summed E-state index contributed by atoms with van der Waals surface area (Å²) < 4.78 is 0. The maximum absolute atomic E-state index is 2.33. The molecule has 1 aliphatic rings. The molecular weight excluding hydrogens is 144 g/mol. The van der Waals surface area contributed by atoms with Gasteiger partial charge in [0, 0.05) is 0 Å². The second kappa shape index (κ2) is 2.78. The van der Waals surface area contributed by atoms with Crippen LogP contribution in [0.2, 0.25) is 0 Å². The number of fused-ring (bicyclic) bond motifs is 1. The van der Waals surface area contributed by atoms with E-state index in [2.05, 4.69) is 38.1 Å². The van der Waals surface area contributed by atoms with E-state index < -0.39 is 0 Å². The molecule has 0 atom stereocenters. The summed E-state index contributed by atoms with van der Waals surface area (Å²) in [5, 5.41) is 0. The Kier molecular flexibility index (Phi) is 1.76. The summed E-state index contributed by atoms with van der Waals surface area (Å²) in [5.41, 5.74) is 5.97. The topological polar surface area (TPSA) is 0 Å². The van der Waals surface area contributed by atoms with Crippen molar-refractivity contribution in [2.45, 2.75) is 26.7 Å². The zero-order valence-corrected chi connectivity index (χ0v) is 7.72. The minimum Gasteiger partial charge on any atom is -0.0683 e. The molecule has 0 saturated heterocycles. The summed E-state index contributed by atoms with van der Waals surface area (Å²) in [6.07, 6.45) is 4.63. The van der Waals surface area contributed by atoms with E-state index in [-0.39, 0.29) is 0 Å². The Morgan fingerprint density at radius 1 is 1.33 bits per heavy atom. The lowest BCUT2D eigenvalue weighted by molar-refractivity contribution is 1.11. The van der Waals surface area contributed by atoms with Gasteiger partial charge in [-0.2, -0.15) is 0 Å². The number of allylic oxidation sites excluding steroid dienone is 1. The molecule has 0 amide bonds. The minimum absolute atomic E-state index is 1.15. The van der Waals surface area contributed by atoms with Crippen molar-refractivity contribution >= 4 is 6.08 Å². The third kappa shape index (κ3) is 1.08. The zero-order chi connectivity index (χ0) is 8.55. The molecule has 0 saturated carbocycles. The molecule has 0 fully saturated rings. The van der Waals surface area contributed by atoms with Gasteiger partial charge in [0.15, 0.2) is 0 Å². The Labute approximate surface area is 73.9 Å². The Morgan fingerprint density at radius 3 is 2.92 bits per heavy atom. The van der Waals surface area contributed by atoms with E-state index in [1.165, 1.54) is 22.3 Å². The highest BCUT2D eigenvalue weighted by Gasteiger charge is 2.11. The van der Waals surface area contributed by atoms with E-state index in [4.69, 9.17) is 0 Å². The number of rotatable bonds is 1. The van der Waals surface area contributed by atoms with Crippen LogP contribution < -0.4 is 0 Å². The van der Waals surface area contributed by atoms with Gasteiger partial charge in [0.05, 0.1) is 0 Å². The first-order valence-electron chi connectivity index (χ1n) is 4.59. The van der Waals surface area contributed by atoms with E-state index in [0.29, 0.717) is 0 Å². The van der Waals surface area contributed by atoms with Gasteiger partial charge in [0.25, 0.3) is 0 Å². The quantitative estimate of drug-likeness (QED) is 0.588. The molecule has 12 heavy (non-hydrogen) atoms. The van der Waals surface area contributed by atoms with Crippen LogP contribution in [0.25, 0.3) is 6.08 Å². The Bertz CT molecular complexity index is 332. The summed E-state index contributed by atoms with van der Waals surface area (Å²) in [7, 11) is 0. The van der Waals surface area contributed by atoms with E-state index in [9.17, 15) is 0 Å². The van der Waals surface area contributed by atoms with E-state index in [1.54, 1.807) is 0 Å². The molecular formula is C12H14. The van der Waals surface area contributed by atoms with Gasteiger partial charge >= 0.3 is 0 Å². The van der Waals surface area contributed by atoms with Crippen molar-refractivity contribution in [1.82, 2.24) is 0 Å². The van der Waals surface area contributed by atoms with Crippen LogP contribution >= 0.6 is 0 Å². The summed E-state index contributed by atoms with van der Waals surface area (Å²) in [6.45, 7) is 4.43. The second-order valence-electron chi connectivity index (χ2n) is 3.51. The van der Waals surface area contributed by atoms with Gasteiger partial charge < -0.3 is 0 Å². The largest absolute Gasteiger partial charge is 0.0683 e. The summed E-state index contributed by atoms with van der Waals surface area (Å²) in [6, 6.07) is 6.64. The predicted octanol–water partition coefficient (Wildman–Crippen LogP) is 3.21. The highest BCUT2D eigenvalue weighted by molar-refractivity contribution is 5.66. The first-order chi connectivity index (χ1) is 5.81. The molecule has 62 valence electrons. The number of aryl methyl sites for hydroxylation is 1. The van der Waals surface area contributed by atoms with Crippen LogP contribution in [0.3, 0.4) is 0 Å². The summed E-state index contributed by atoms with van der Waals surface area (Å²) in [5.74, 6) is 0. The molecule has 0 radical (unpaired) electrons. The molecule has 1 aromatic rings. The van der Waals surface area contributed by atoms with Crippen LogP contribution in [0.5, 0.6) is 0 Å². The Morgan fingerprint density at radius 2 is 2.17 bits per heavy atom. The molecule has 0 aliphatic heterocycles. The first-order valence-corrected chi connectivity index (χ1v) is 4.59. The maximum atomic E-state index is 2.33. The van der Waals surface area contributed by atoms with Gasteiger partial charge in [-0.15, -0.1) is 0 Å². The molecule has 1 aliphatic carbocycles. The van der Waals surface area contributed by atoms with E-state index in [0.717, 1.165) is 12.8 Å². The van der Waals surface area contributed by atoms with Crippen LogP contribution in [0.4, 0.5) is 0 Å². The lowest BCUT2D eigenvalue weighted by Crippen LogP contribution is -1.88. The third-order valence-electron chi connectivity index (χ3n) is 2.53. The molecule has 0 unspecified atom stereocenters. The van der Waals surface area contributed by atoms with Crippen molar-refractivity contribution in [3.63, 3.8) is 0 Å². The monoisotopic (exact) mass is 158 g/mol. The molecule has 0 heteroatoms. The molecule has 0 heterocycles. The van der Waals surface area contributed by atoms with Gasteiger partial charge in [-0.25, -0.2) is 0 Å². The van der Waals surface area contributed by atoms with Crippen LogP contribution in [-0.2, 0) is 12.8 Å². The van der Waals surface area contributed by atoms with Crippen molar-refractivity contribution in [2.24, 2.45) is 0 Å². The molecule has 0 bridgehead atoms. The lowest BCUT2D eigenvalue weighted by atomic mass is 10.0. The van der Waals surface area contributed by atoms with E-state index in [1.807, 2.05) is 0 Å². The van der Waals surface area contributed by atoms with Crippen LogP contribution in [-0.4, -0.2) is 0 Å². The van der Waals surface area contributed by atoms with Crippen molar-refractivity contribution < 1.29 is 0 Å². The van der Waals surface area contributed by atoms with Gasteiger partial charge in [-0.3, -0.25) is 0 Å². The molecule has 0 spiro atoms. The minimum atomic E-state index is 1.15. The third-order valence-corrected chi connectivity index (χ3v) is 2.53. The Hall–Kier alpha value is -1.04. The maximum Gasteiger partial charge on any atom is -0.00605 e. The standard InChI is InChI=1S/C12H14/c1-3-10-5-4-6-11-7-9(2)8-12(10)11/h4-6,8H,3,7H2,1-2H3. The highest BCUT2D eigenvalue weighted by Crippen LogP contribution is 2.27. The fraction of sp³-hybridized carbons (Fsp3) is 0.333. The van der Waals surface area contributed by atoms with Gasteiger partial charge in [0.1, 0.15) is 0 Å².